The molecule has 0 bridgehead atoms. The number of thioether (sulfide) groups is 1. The molecule has 4 nitrogen and oxygen atoms in total. The molecule has 0 N–H and O–H groups in total. The maximum Gasteiger partial charge on any atom is 0.387 e. The van der Waals surface area contributed by atoms with Crippen LogP contribution in [-0.2, 0) is 0 Å². The smallest absolute Gasteiger partial charge is 0.387 e. The summed E-state index contributed by atoms with van der Waals surface area (Å²) in [4.78, 5) is 21.1. The van der Waals surface area contributed by atoms with Gasteiger partial charge in [0.1, 0.15) is 16.6 Å². The van der Waals surface area contributed by atoms with E-state index in [1.807, 2.05) is 24.3 Å². The zero-order valence-electron chi connectivity index (χ0n) is 13.3. The highest BCUT2D eigenvalue weighted by Crippen LogP contribution is 2.26. The van der Waals surface area contributed by atoms with Crippen molar-refractivity contribution in [1.29, 1.82) is 0 Å². The van der Waals surface area contributed by atoms with E-state index in [4.69, 9.17) is 0 Å². The number of rotatable bonds is 6. The van der Waals surface area contributed by atoms with E-state index in [1.54, 1.807) is 6.92 Å². The number of ether oxygens (including phenoxy) is 1. The molecule has 0 amide bonds. The van der Waals surface area contributed by atoms with E-state index < -0.39 is 6.61 Å². The summed E-state index contributed by atoms with van der Waals surface area (Å²) in [5.74, 6) is 0.739. The summed E-state index contributed by atoms with van der Waals surface area (Å²) in [6, 6.07) is 13.3. The topological polar surface area (TPSA) is 52.1 Å². The van der Waals surface area contributed by atoms with Crippen molar-refractivity contribution in [2.45, 2.75) is 18.6 Å². The van der Waals surface area contributed by atoms with Crippen LogP contribution in [0.4, 0.5) is 8.78 Å². The quantitative estimate of drug-likeness (QED) is 0.368. The monoisotopic (exact) mass is 360 g/mol. The van der Waals surface area contributed by atoms with Crippen LogP contribution in [0.5, 0.6) is 5.75 Å². The summed E-state index contributed by atoms with van der Waals surface area (Å²) in [5.41, 5.74) is 1.27. The Bertz CT molecular complexity index is 901. The lowest BCUT2D eigenvalue weighted by molar-refractivity contribution is -0.0498. The Hall–Kier alpha value is -2.54. The van der Waals surface area contributed by atoms with Crippen molar-refractivity contribution in [1.82, 2.24) is 9.97 Å². The Morgan fingerprint density at radius 3 is 2.56 bits per heavy atom. The van der Waals surface area contributed by atoms with Gasteiger partial charge < -0.3 is 4.74 Å². The molecular weight excluding hydrogens is 346 g/mol. The van der Waals surface area contributed by atoms with Crippen molar-refractivity contribution in [3.05, 3.63) is 59.9 Å². The molecule has 128 valence electrons. The summed E-state index contributed by atoms with van der Waals surface area (Å²) in [6.45, 7) is -1.08. The van der Waals surface area contributed by atoms with Crippen molar-refractivity contribution in [2.24, 2.45) is 0 Å². The predicted octanol–water partition coefficient (Wildman–Crippen LogP) is 4.51. The zero-order chi connectivity index (χ0) is 17.8. The van der Waals surface area contributed by atoms with Crippen LogP contribution in [0, 0.1) is 6.92 Å². The van der Waals surface area contributed by atoms with Gasteiger partial charge in [-0.3, -0.25) is 4.79 Å². The third-order valence-corrected chi connectivity index (χ3v) is 4.41. The minimum atomic E-state index is -2.88. The summed E-state index contributed by atoms with van der Waals surface area (Å²) >= 11 is 1.33. The Kier molecular flexibility index (Phi) is 5.23. The minimum Gasteiger partial charge on any atom is -0.435 e. The molecule has 3 aromatic rings. The first-order valence-corrected chi connectivity index (χ1v) is 8.46. The molecule has 0 aliphatic heterocycles. The molecule has 0 aliphatic carbocycles. The van der Waals surface area contributed by atoms with E-state index in [9.17, 15) is 13.6 Å². The van der Waals surface area contributed by atoms with Gasteiger partial charge in [-0.05, 0) is 37.3 Å². The molecule has 0 spiro atoms. The fraction of sp³-hybridized carbons (Fsp3) is 0.167. The number of carbonyl (C=O) groups excluding carboxylic acids is 1. The van der Waals surface area contributed by atoms with Crippen LogP contribution in [0.3, 0.4) is 0 Å². The highest BCUT2D eigenvalue weighted by molar-refractivity contribution is 8.00. The molecular formula is C18H14F2N2O2S. The summed E-state index contributed by atoms with van der Waals surface area (Å²) in [7, 11) is 0. The van der Waals surface area contributed by atoms with Crippen molar-refractivity contribution in [3.63, 3.8) is 0 Å². The Morgan fingerprint density at radius 1 is 1.12 bits per heavy atom. The number of halogens is 2. The maximum atomic E-state index is 12.3. The normalized spacial score (nSPS) is 11.0. The second-order valence-electron chi connectivity index (χ2n) is 5.21. The van der Waals surface area contributed by atoms with Gasteiger partial charge in [-0.15, -0.1) is 0 Å². The van der Waals surface area contributed by atoms with E-state index >= 15 is 0 Å². The lowest BCUT2D eigenvalue weighted by Gasteiger charge is -2.07. The minimum absolute atomic E-state index is 0.0247. The first kappa shape index (κ1) is 17.3. The van der Waals surface area contributed by atoms with Crippen molar-refractivity contribution in [3.8, 4) is 5.75 Å². The standard InChI is InChI=1S/C18H14F2N2O2S/c1-11-21-15-5-3-2-4-14(15)17(22-11)25-10-16(23)12-6-8-13(9-7-12)24-18(19)20/h2-9,18H,10H2,1H3. The summed E-state index contributed by atoms with van der Waals surface area (Å²) in [6.07, 6.45) is 0. The average molecular weight is 360 g/mol. The number of ketones is 1. The molecule has 0 saturated carbocycles. The van der Waals surface area contributed by atoms with Gasteiger partial charge in [-0.2, -0.15) is 8.78 Å². The largest absolute Gasteiger partial charge is 0.435 e. The molecule has 0 unspecified atom stereocenters. The fourth-order valence-electron chi connectivity index (χ4n) is 2.31. The number of Topliss-reactive ketones (excluding diaryl/α,β-unsaturated/α-hetero) is 1. The number of aryl methyl sites for hydroxylation is 1. The van der Waals surface area contributed by atoms with Gasteiger partial charge in [-0.25, -0.2) is 9.97 Å². The van der Waals surface area contributed by atoms with Crippen LogP contribution in [0.1, 0.15) is 16.2 Å². The number of aromatic nitrogens is 2. The molecule has 25 heavy (non-hydrogen) atoms. The number of carbonyl (C=O) groups is 1. The molecule has 1 heterocycles. The lowest BCUT2D eigenvalue weighted by Crippen LogP contribution is -2.05. The molecule has 3 rings (SSSR count). The first-order valence-electron chi connectivity index (χ1n) is 7.47. The fourth-order valence-corrected chi connectivity index (χ4v) is 3.27. The van der Waals surface area contributed by atoms with Gasteiger partial charge in [0.2, 0.25) is 0 Å². The number of nitrogens with zero attached hydrogens (tertiary/aromatic N) is 2. The van der Waals surface area contributed by atoms with Crippen molar-refractivity contribution < 1.29 is 18.3 Å². The van der Waals surface area contributed by atoms with E-state index in [0.717, 1.165) is 15.9 Å². The lowest BCUT2D eigenvalue weighted by atomic mass is 10.1. The zero-order valence-corrected chi connectivity index (χ0v) is 14.1. The highest BCUT2D eigenvalue weighted by atomic mass is 32.2. The van der Waals surface area contributed by atoms with Crippen molar-refractivity contribution >= 4 is 28.4 Å². The molecule has 2 aromatic carbocycles. The van der Waals surface area contributed by atoms with E-state index in [0.29, 0.717) is 11.4 Å². The Balaban J connectivity index is 1.72. The third-order valence-electron chi connectivity index (χ3n) is 3.42. The summed E-state index contributed by atoms with van der Waals surface area (Å²) < 4.78 is 28.6. The number of para-hydroxylation sites is 1. The number of alkyl halides is 2. The van der Waals surface area contributed by atoms with Crippen molar-refractivity contribution in [2.75, 3.05) is 5.75 Å². The summed E-state index contributed by atoms with van der Waals surface area (Å²) in [5, 5.41) is 1.64. The second-order valence-corrected chi connectivity index (χ2v) is 6.17. The van der Waals surface area contributed by atoms with Gasteiger partial charge in [0.05, 0.1) is 11.3 Å². The van der Waals surface area contributed by atoms with Gasteiger partial charge in [0.15, 0.2) is 5.78 Å². The van der Waals surface area contributed by atoms with E-state index in [1.165, 1.54) is 36.0 Å². The molecule has 0 atom stereocenters. The van der Waals surface area contributed by atoms with Crippen LogP contribution >= 0.6 is 11.8 Å². The number of hydrogen-bond donors (Lipinski definition) is 0. The van der Waals surface area contributed by atoms with Gasteiger partial charge >= 0.3 is 6.61 Å². The van der Waals surface area contributed by atoms with Crippen LogP contribution < -0.4 is 4.74 Å². The second kappa shape index (κ2) is 7.57. The SMILES string of the molecule is Cc1nc(SCC(=O)c2ccc(OC(F)F)cc2)c2ccccc2n1. The van der Waals surface area contributed by atoms with Crippen LogP contribution in [-0.4, -0.2) is 28.1 Å². The number of hydrogen-bond acceptors (Lipinski definition) is 5. The highest BCUT2D eigenvalue weighted by Gasteiger charge is 2.12. The Morgan fingerprint density at radius 2 is 1.84 bits per heavy atom. The van der Waals surface area contributed by atoms with Gasteiger partial charge in [-0.1, -0.05) is 30.0 Å². The average Bonchev–Trinajstić information content (AvgIpc) is 2.59. The Labute approximate surface area is 147 Å². The molecule has 0 aliphatic rings. The van der Waals surface area contributed by atoms with E-state index in [-0.39, 0.29) is 17.3 Å². The molecule has 0 radical (unpaired) electrons. The van der Waals surface area contributed by atoms with Crippen LogP contribution in [0.2, 0.25) is 0 Å². The van der Waals surface area contributed by atoms with Gasteiger partial charge in [0.25, 0.3) is 0 Å². The molecule has 1 aromatic heterocycles. The third kappa shape index (κ3) is 4.30. The number of fused-ring (bicyclic) bond motifs is 1. The molecule has 0 fully saturated rings. The molecule has 0 saturated heterocycles. The van der Waals surface area contributed by atoms with E-state index in [2.05, 4.69) is 14.7 Å². The predicted molar refractivity (Wildman–Crippen MR) is 92.4 cm³/mol. The van der Waals surface area contributed by atoms with Crippen LogP contribution in [0.25, 0.3) is 10.9 Å². The van der Waals surface area contributed by atoms with Gasteiger partial charge in [0, 0.05) is 10.9 Å². The van der Waals surface area contributed by atoms with Crippen LogP contribution in [0.15, 0.2) is 53.6 Å². The number of benzene rings is 2. The maximum absolute atomic E-state index is 12.3. The molecule has 7 heteroatoms. The first-order chi connectivity index (χ1) is 12.0.